The third-order valence-electron chi connectivity index (χ3n) is 3.22. The van der Waals surface area contributed by atoms with Crippen LogP contribution in [0.15, 0.2) is 24.3 Å². The van der Waals surface area contributed by atoms with Crippen LogP contribution in [0.3, 0.4) is 0 Å². The number of halogens is 1. The summed E-state index contributed by atoms with van der Waals surface area (Å²) in [4.78, 5) is 15.3. The van der Waals surface area contributed by atoms with Gasteiger partial charge in [0.15, 0.2) is 0 Å². The highest BCUT2D eigenvalue weighted by molar-refractivity contribution is 6.30. The van der Waals surface area contributed by atoms with E-state index in [1.165, 1.54) is 0 Å². The molecule has 4 nitrogen and oxygen atoms in total. The van der Waals surface area contributed by atoms with Gasteiger partial charge in [0.1, 0.15) is 0 Å². The molecule has 1 heterocycles. The number of carbonyl (C=O) groups excluding carboxylic acids is 1. The van der Waals surface area contributed by atoms with Crippen molar-refractivity contribution in [1.29, 1.82) is 0 Å². The summed E-state index contributed by atoms with van der Waals surface area (Å²) in [5, 5.41) is 0.767. The number of anilines is 1. The van der Waals surface area contributed by atoms with Crippen LogP contribution in [-0.4, -0.2) is 43.5 Å². The lowest BCUT2D eigenvalue weighted by molar-refractivity contribution is -0.118. The summed E-state index contributed by atoms with van der Waals surface area (Å²) >= 11 is 5.99. The highest BCUT2D eigenvalue weighted by Crippen LogP contribution is 2.20. The molecule has 1 amide bonds. The molecule has 1 saturated heterocycles. The summed E-state index contributed by atoms with van der Waals surface area (Å²) in [6, 6.07) is 7.91. The summed E-state index contributed by atoms with van der Waals surface area (Å²) < 4.78 is 0. The monoisotopic (exact) mass is 267 g/mol. The molecule has 0 spiro atoms. The molecule has 1 fully saturated rings. The Balaban J connectivity index is 1.85. The first kappa shape index (κ1) is 13.2. The second-order valence-electron chi connectivity index (χ2n) is 4.52. The van der Waals surface area contributed by atoms with E-state index in [1.54, 1.807) is 0 Å². The molecule has 0 atom stereocenters. The Morgan fingerprint density at radius 2 is 2.00 bits per heavy atom. The Hall–Kier alpha value is -1.26. The highest BCUT2D eigenvalue weighted by atomic mass is 35.5. The fourth-order valence-electron chi connectivity index (χ4n) is 2.17. The predicted octanol–water partition coefficient (Wildman–Crippen LogP) is 1.34. The van der Waals surface area contributed by atoms with Crippen LogP contribution in [0.1, 0.15) is 6.42 Å². The molecule has 1 aromatic carbocycles. The molecule has 5 heteroatoms. The van der Waals surface area contributed by atoms with Gasteiger partial charge < -0.3 is 10.6 Å². The molecule has 2 N–H and O–H groups in total. The summed E-state index contributed by atoms with van der Waals surface area (Å²) in [5.41, 5.74) is 6.32. The third-order valence-corrected chi connectivity index (χ3v) is 3.46. The molecule has 0 aliphatic carbocycles. The fourth-order valence-corrected chi connectivity index (χ4v) is 2.36. The van der Waals surface area contributed by atoms with Crippen molar-refractivity contribution in [2.24, 2.45) is 5.73 Å². The van der Waals surface area contributed by atoms with Crippen molar-refractivity contribution in [2.45, 2.75) is 6.42 Å². The summed E-state index contributed by atoms with van der Waals surface area (Å²) in [5.74, 6) is -0.229. The van der Waals surface area contributed by atoms with Crippen LogP contribution in [0.4, 0.5) is 5.69 Å². The number of carbonyl (C=O) groups is 1. The van der Waals surface area contributed by atoms with Gasteiger partial charge in [-0.15, -0.1) is 0 Å². The number of piperazine rings is 1. The fraction of sp³-hybridized carbons (Fsp3) is 0.462. The maximum atomic E-state index is 10.7. The lowest BCUT2D eigenvalue weighted by atomic mass is 10.2. The number of primary amides is 1. The van der Waals surface area contributed by atoms with E-state index >= 15 is 0 Å². The van der Waals surface area contributed by atoms with Crippen LogP contribution >= 0.6 is 11.6 Å². The van der Waals surface area contributed by atoms with Crippen LogP contribution in [0.5, 0.6) is 0 Å². The van der Waals surface area contributed by atoms with Crippen molar-refractivity contribution in [2.75, 3.05) is 37.6 Å². The maximum absolute atomic E-state index is 10.7. The lowest BCUT2D eigenvalue weighted by Gasteiger charge is -2.36. The van der Waals surface area contributed by atoms with Crippen molar-refractivity contribution in [3.8, 4) is 0 Å². The minimum Gasteiger partial charge on any atom is -0.370 e. The second kappa shape index (κ2) is 6.07. The molecule has 0 unspecified atom stereocenters. The average molecular weight is 268 g/mol. The molecule has 0 aromatic heterocycles. The number of hydrogen-bond acceptors (Lipinski definition) is 3. The van der Waals surface area contributed by atoms with E-state index in [2.05, 4.69) is 15.9 Å². The van der Waals surface area contributed by atoms with Gasteiger partial charge in [-0.2, -0.15) is 0 Å². The topological polar surface area (TPSA) is 49.6 Å². The first-order chi connectivity index (χ1) is 8.65. The summed E-state index contributed by atoms with van der Waals surface area (Å²) in [7, 11) is 0. The molecule has 2 rings (SSSR count). The van der Waals surface area contributed by atoms with Crippen LogP contribution < -0.4 is 10.6 Å². The number of amides is 1. The first-order valence-electron chi connectivity index (χ1n) is 6.16. The lowest BCUT2D eigenvalue weighted by Crippen LogP contribution is -2.47. The summed E-state index contributed by atoms with van der Waals surface area (Å²) in [6.45, 7) is 4.59. The smallest absolute Gasteiger partial charge is 0.218 e. The van der Waals surface area contributed by atoms with Crippen LogP contribution in [0.25, 0.3) is 0 Å². The van der Waals surface area contributed by atoms with Gasteiger partial charge in [-0.3, -0.25) is 9.69 Å². The Bertz CT molecular complexity index is 416. The Morgan fingerprint density at radius 1 is 1.28 bits per heavy atom. The van der Waals surface area contributed by atoms with Gasteiger partial charge in [-0.05, 0) is 18.2 Å². The van der Waals surface area contributed by atoms with Gasteiger partial charge in [0, 0.05) is 49.9 Å². The van der Waals surface area contributed by atoms with Gasteiger partial charge in [0.25, 0.3) is 0 Å². The molecule has 0 radical (unpaired) electrons. The van der Waals surface area contributed by atoms with E-state index in [1.807, 2.05) is 18.2 Å². The van der Waals surface area contributed by atoms with Gasteiger partial charge in [-0.25, -0.2) is 0 Å². The molecule has 18 heavy (non-hydrogen) atoms. The molecule has 1 aromatic rings. The number of hydrogen-bond donors (Lipinski definition) is 1. The number of nitrogens with zero attached hydrogens (tertiary/aromatic N) is 2. The minimum atomic E-state index is -0.229. The SMILES string of the molecule is NC(=O)CCN1CCN(c2cccc(Cl)c2)CC1. The average Bonchev–Trinajstić information content (AvgIpc) is 2.37. The standard InChI is InChI=1S/C13H18ClN3O/c14-11-2-1-3-12(10-11)17-8-6-16(7-9-17)5-4-13(15)18/h1-3,10H,4-9H2,(H2,15,18). The zero-order valence-corrected chi connectivity index (χ0v) is 11.1. The quantitative estimate of drug-likeness (QED) is 0.896. The maximum Gasteiger partial charge on any atom is 0.218 e. The first-order valence-corrected chi connectivity index (χ1v) is 6.54. The summed E-state index contributed by atoms with van der Waals surface area (Å²) in [6.07, 6.45) is 0.442. The molecular formula is C13H18ClN3O. The Morgan fingerprint density at radius 3 is 2.61 bits per heavy atom. The largest absolute Gasteiger partial charge is 0.370 e. The van der Waals surface area contributed by atoms with E-state index < -0.39 is 0 Å². The van der Waals surface area contributed by atoms with E-state index in [9.17, 15) is 4.79 Å². The zero-order valence-electron chi connectivity index (χ0n) is 10.3. The Kier molecular flexibility index (Phi) is 4.44. The Labute approximate surface area is 112 Å². The van der Waals surface area contributed by atoms with Crippen molar-refractivity contribution >= 4 is 23.2 Å². The predicted molar refractivity (Wildman–Crippen MR) is 73.9 cm³/mol. The van der Waals surface area contributed by atoms with Crippen molar-refractivity contribution in [1.82, 2.24) is 4.90 Å². The normalized spacial score (nSPS) is 16.8. The van der Waals surface area contributed by atoms with Gasteiger partial charge in [0.05, 0.1) is 0 Å². The van der Waals surface area contributed by atoms with E-state index in [0.29, 0.717) is 6.42 Å². The van der Waals surface area contributed by atoms with Crippen molar-refractivity contribution < 1.29 is 4.79 Å². The van der Waals surface area contributed by atoms with Gasteiger partial charge >= 0.3 is 0 Å². The van der Waals surface area contributed by atoms with Gasteiger partial charge in [0.2, 0.25) is 5.91 Å². The number of rotatable bonds is 4. The molecule has 1 aliphatic heterocycles. The van der Waals surface area contributed by atoms with Crippen LogP contribution in [0.2, 0.25) is 5.02 Å². The van der Waals surface area contributed by atoms with E-state index in [4.69, 9.17) is 17.3 Å². The number of benzene rings is 1. The third kappa shape index (κ3) is 3.62. The van der Waals surface area contributed by atoms with Gasteiger partial charge in [-0.1, -0.05) is 17.7 Å². The van der Waals surface area contributed by atoms with E-state index in [-0.39, 0.29) is 5.91 Å². The van der Waals surface area contributed by atoms with Crippen molar-refractivity contribution in [3.63, 3.8) is 0 Å². The highest BCUT2D eigenvalue weighted by Gasteiger charge is 2.17. The molecule has 0 bridgehead atoms. The molecule has 0 saturated carbocycles. The van der Waals surface area contributed by atoms with Crippen molar-refractivity contribution in [3.05, 3.63) is 29.3 Å². The van der Waals surface area contributed by atoms with Crippen LogP contribution in [-0.2, 0) is 4.79 Å². The second-order valence-corrected chi connectivity index (χ2v) is 4.96. The molecular weight excluding hydrogens is 250 g/mol. The van der Waals surface area contributed by atoms with Crippen LogP contribution in [0, 0.1) is 0 Å². The van der Waals surface area contributed by atoms with E-state index in [0.717, 1.165) is 43.4 Å². The molecule has 98 valence electrons. The minimum absolute atomic E-state index is 0.229. The number of nitrogens with two attached hydrogens (primary N) is 1. The zero-order chi connectivity index (χ0) is 13.0. The molecule has 1 aliphatic rings.